The maximum atomic E-state index is 12.6. The molecule has 9 heteroatoms. The van der Waals surface area contributed by atoms with E-state index in [1.54, 1.807) is 10.6 Å². The smallest absolute Gasteiger partial charge is 0.263 e. The third-order valence-electron chi connectivity index (χ3n) is 4.90. The van der Waals surface area contributed by atoms with Crippen molar-refractivity contribution in [3.63, 3.8) is 0 Å². The molecule has 0 spiro atoms. The standard InChI is InChI=1S/C20H15Cl2N5OS/c1-3-13-26-18(21)19(22)27(13)14-7-4-10-11(25-14)5-6-12-15(10)16-17(29-12)20(28)24-9(2)8-23-16/h3-7,9,23H,1,8H2,2H3,(H,24,28)/t9-/m1/s1. The number of carbonyl (C=O) groups excluding carboxylic acids is 1. The van der Waals surface area contributed by atoms with Crippen LogP contribution in [0, 0.1) is 0 Å². The summed E-state index contributed by atoms with van der Waals surface area (Å²) in [5.41, 5.74) is 1.65. The minimum Gasteiger partial charge on any atom is -0.381 e. The van der Waals surface area contributed by atoms with Gasteiger partial charge in [-0.3, -0.25) is 9.36 Å². The maximum absolute atomic E-state index is 12.6. The molecule has 0 saturated carbocycles. The lowest BCUT2D eigenvalue weighted by Gasteiger charge is -2.11. The van der Waals surface area contributed by atoms with Crippen LogP contribution in [0.5, 0.6) is 0 Å². The molecule has 29 heavy (non-hydrogen) atoms. The zero-order chi connectivity index (χ0) is 20.3. The third kappa shape index (κ3) is 2.80. The van der Waals surface area contributed by atoms with Gasteiger partial charge < -0.3 is 10.6 Å². The zero-order valence-corrected chi connectivity index (χ0v) is 17.6. The van der Waals surface area contributed by atoms with Crippen LogP contribution in [0.1, 0.15) is 22.4 Å². The van der Waals surface area contributed by atoms with Gasteiger partial charge >= 0.3 is 0 Å². The largest absolute Gasteiger partial charge is 0.381 e. The fourth-order valence-electron chi connectivity index (χ4n) is 3.58. The molecule has 1 aromatic carbocycles. The van der Waals surface area contributed by atoms with Gasteiger partial charge in [-0.15, -0.1) is 11.3 Å². The van der Waals surface area contributed by atoms with E-state index in [0.717, 1.165) is 26.7 Å². The molecule has 1 aliphatic heterocycles. The summed E-state index contributed by atoms with van der Waals surface area (Å²) in [5.74, 6) is 1.06. The van der Waals surface area contributed by atoms with Crippen molar-refractivity contribution in [3.8, 4) is 5.82 Å². The summed E-state index contributed by atoms with van der Waals surface area (Å²) in [6, 6.07) is 7.84. The number of rotatable bonds is 2. The van der Waals surface area contributed by atoms with Crippen LogP contribution in [0.2, 0.25) is 10.3 Å². The van der Waals surface area contributed by atoms with E-state index in [-0.39, 0.29) is 22.3 Å². The Kier molecular flexibility index (Phi) is 4.27. The maximum Gasteiger partial charge on any atom is 0.263 e. The van der Waals surface area contributed by atoms with Crippen LogP contribution in [-0.2, 0) is 0 Å². The van der Waals surface area contributed by atoms with Crippen LogP contribution in [-0.4, -0.2) is 33.0 Å². The second kappa shape index (κ2) is 6.73. The molecule has 2 N–H and O–H groups in total. The van der Waals surface area contributed by atoms with Crippen LogP contribution in [0.15, 0.2) is 30.8 Å². The van der Waals surface area contributed by atoms with Gasteiger partial charge in [0.25, 0.3) is 5.91 Å². The van der Waals surface area contributed by atoms with E-state index in [4.69, 9.17) is 28.2 Å². The van der Waals surface area contributed by atoms with Crippen molar-refractivity contribution in [3.05, 3.63) is 51.9 Å². The molecule has 3 aromatic heterocycles. The highest BCUT2D eigenvalue weighted by atomic mass is 35.5. The Morgan fingerprint density at radius 3 is 2.90 bits per heavy atom. The molecular weight excluding hydrogens is 429 g/mol. The van der Waals surface area contributed by atoms with Gasteiger partial charge in [0.2, 0.25) is 0 Å². The van der Waals surface area contributed by atoms with Crippen molar-refractivity contribution in [2.45, 2.75) is 13.0 Å². The molecule has 0 fully saturated rings. The molecule has 1 amide bonds. The summed E-state index contributed by atoms with van der Waals surface area (Å²) in [6.07, 6.45) is 1.58. The number of amides is 1. The molecule has 0 unspecified atom stereocenters. The molecule has 0 radical (unpaired) electrons. The summed E-state index contributed by atoms with van der Waals surface area (Å²) in [5, 5.41) is 8.88. The predicted octanol–water partition coefficient (Wildman–Crippen LogP) is 5.13. The third-order valence-corrected chi connectivity index (χ3v) is 6.76. The topological polar surface area (TPSA) is 71.8 Å². The quantitative estimate of drug-likeness (QED) is 0.450. The van der Waals surface area contributed by atoms with E-state index in [9.17, 15) is 4.79 Å². The van der Waals surface area contributed by atoms with E-state index >= 15 is 0 Å². The van der Waals surface area contributed by atoms with Gasteiger partial charge in [0.1, 0.15) is 16.5 Å². The van der Waals surface area contributed by atoms with E-state index in [0.29, 0.717) is 23.1 Å². The number of pyridine rings is 1. The van der Waals surface area contributed by atoms with Crippen molar-refractivity contribution < 1.29 is 4.79 Å². The molecule has 1 atom stereocenters. The number of benzene rings is 1. The number of hydrogen-bond acceptors (Lipinski definition) is 5. The van der Waals surface area contributed by atoms with Crippen molar-refractivity contribution in [1.82, 2.24) is 19.9 Å². The predicted molar refractivity (Wildman–Crippen MR) is 120 cm³/mol. The highest BCUT2D eigenvalue weighted by Crippen LogP contribution is 2.41. The minimum atomic E-state index is -0.0492. The fourth-order valence-corrected chi connectivity index (χ4v) is 5.07. The molecule has 6 nitrogen and oxygen atoms in total. The van der Waals surface area contributed by atoms with Gasteiger partial charge in [-0.05, 0) is 37.3 Å². The van der Waals surface area contributed by atoms with Crippen LogP contribution in [0.25, 0.3) is 32.9 Å². The van der Waals surface area contributed by atoms with Gasteiger partial charge in [-0.2, -0.15) is 0 Å². The minimum absolute atomic E-state index is 0.0492. The van der Waals surface area contributed by atoms with Crippen LogP contribution in [0.4, 0.5) is 5.69 Å². The number of nitrogens with zero attached hydrogens (tertiary/aromatic N) is 3. The lowest BCUT2D eigenvalue weighted by molar-refractivity contribution is 0.0949. The average Bonchev–Trinajstić information content (AvgIpc) is 3.19. The summed E-state index contributed by atoms with van der Waals surface area (Å²) in [7, 11) is 0. The van der Waals surface area contributed by atoms with Gasteiger partial charge in [0, 0.05) is 28.1 Å². The molecule has 1 aliphatic rings. The Balaban J connectivity index is 1.74. The van der Waals surface area contributed by atoms with E-state index < -0.39 is 0 Å². The van der Waals surface area contributed by atoms with E-state index in [1.807, 2.05) is 31.2 Å². The van der Waals surface area contributed by atoms with E-state index in [2.05, 4.69) is 22.2 Å². The van der Waals surface area contributed by atoms with Gasteiger partial charge in [-0.1, -0.05) is 29.8 Å². The number of imidazole rings is 1. The molecule has 0 saturated heterocycles. The van der Waals surface area contributed by atoms with Crippen molar-refractivity contribution >= 4 is 73.2 Å². The highest BCUT2D eigenvalue weighted by Gasteiger charge is 2.25. The Bertz CT molecular complexity index is 1330. The lowest BCUT2D eigenvalue weighted by atomic mass is 10.1. The SMILES string of the molecule is C=Cc1nc(Cl)c(Cl)n1-c1ccc2c(ccc3sc4c(c32)NC[C@@H](C)NC4=O)n1. The highest BCUT2D eigenvalue weighted by molar-refractivity contribution is 7.21. The van der Waals surface area contributed by atoms with Gasteiger partial charge in [0.15, 0.2) is 10.3 Å². The summed E-state index contributed by atoms with van der Waals surface area (Å²) in [4.78, 5) is 22.2. The summed E-state index contributed by atoms with van der Waals surface area (Å²) < 4.78 is 2.69. The first-order chi connectivity index (χ1) is 14.0. The molecular formula is C20H15Cl2N5OS. The Hall–Kier alpha value is -2.61. The van der Waals surface area contributed by atoms with Crippen molar-refractivity contribution in [1.29, 1.82) is 0 Å². The monoisotopic (exact) mass is 443 g/mol. The van der Waals surface area contributed by atoms with Crippen LogP contribution >= 0.6 is 34.5 Å². The van der Waals surface area contributed by atoms with Crippen LogP contribution in [0.3, 0.4) is 0 Å². The first-order valence-corrected chi connectivity index (χ1v) is 10.5. The number of anilines is 1. The molecule has 4 heterocycles. The number of hydrogen-bond donors (Lipinski definition) is 2. The molecule has 146 valence electrons. The van der Waals surface area contributed by atoms with Crippen molar-refractivity contribution in [2.75, 3.05) is 11.9 Å². The molecule has 4 aromatic rings. The van der Waals surface area contributed by atoms with Crippen molar-refractivity contribution in [2.24, 2.45) is 0 Å². The first kappa shape index (κ1) is 18.4. The van der Waals surface area contributed by atoms with Gasteiger partial charge in [0.05, 0.1) is 11.2 Å². The number of aromatic nitrogens is 3. The fraction of sp³-hybridized carbons (Fsp3) is 0.150. The van der Waals surface area contributed by atoms with Crippen LogP contribution < -0.4 is 10.6 Å². The van der Waals surface area contributed by atoms with E-state index in [1.165, 1.54) is 11.3 Å². The number of fused-ring (bicyclic) bond motifs is 5. The Morgan fingerprint density at radius 2 is 2.10 bits per heavy atom. The second-order valence-electron chi connectivity index (χ2n) is 6.83. The summed E-state index contributed by atoms with van der Waals surface area (Å²) >= 11 is 13.9. The normalized spacial score (nSPS) is 16.4. The number of thiophene rings is 1. The Labute approximate surface area is 180 Å². The lowest BCUT2D eigenvalue weighted by Crippen LogP contribution is -2.34. The molecule has 5 rings (SSSR count). The molecule has 0 bridgehead atoms. The second-order valence-corrected chi connectivity index (χ2v) is 8.60. The zero-order valence-electron chi connectivity index (χ0n) is 15.3. The number of carbonyl (C=O) groups is 1. The summed E-state index contributed by atoms with van der Waals surface area (Å²) in [6.45, 7) is 6.41. The first-order valence-electron chi connectivity index (χ1n) is 8.95. The Morgan fingerprint density at radius 1 is 1.28 bits per heavy atom. The number of nitrogens with one attached hydrogen (secondary N) is 2. The van der Waals surface area contributed by atoms with Gasteiger partial charge in [-0.25, -0.2) is 9.97 Å². The average molecular weight is 444 g/mol. The number of halogens is 2. The molecule has 0 aliphatic carbocycles.